The quantitative estimate of drug-likeness (QED) is 0.473. The summed E-state index contributed by atoms with van der Waals surface area (Å²) in [4.78, 5) is 43.4. The van der Waals surface area contributed by atoms with Gasteiger partial charge in [0.2, 0.25) is 11.8 Å². The minimum atomic E-state index is -0.541. The highest BCUT2D eigenvalue weighted by atomic mass is 16.2. The first-order chi connectivity index (χ1) is 17.4. The molecule has 0 fully saturated rings. The molecule has 9 nitrogen and oxygen atoms in total. The molecule has 0 saturated carbocycles. The monoisotopic (exact) mass is 484 g/mol. The molecule has 2 aromatic carbocycles. The molecule has 2 amide bonds. The highest BCUT2D eigenvalue weighted by Crippen LogP contribution is 2.29. The fourth-order valence-corrected chi connectivity index (χ4v) is 4.31. The molecule has 1 aromatic heterocycles. The van der Waals surface area contributed by atoms with Gasteiger partial charge < -0.3 is 16.0 Å². The Morgan fingerprint density at radius 2 is 1.94 bits per heavy atom. The third-order valence-electron chi connectivity index (χ3n) is 6.41. The van der Waals surface area contributed by atoms with Gasteiger partial charge in [0.25, 0.3) is 5.56 Å². The van der Waals surface area contributed by atoms with Crippen LogP contribution in [-0.2, 0) is 22.6 Å². The molecular weight excluding hydrogens is 456 g/mol. The number of nitrogens with one attached hydrogen (secondary N) is 3. The molecular formula is C27H28N6O3. The SMILES string of the molecule is CN[C@@H](C)C(=O)Nc1cnc(-c2ccc(C#N)cc2)n(CC(=O)NC2CCCc3ccccc32)c1=O. The summed E-state index contributed by atoms with van der Waals surface area (Å²) in [6, 6.07) is 16.0. The summed E-state index contributed by atoms with van der Waals surface area (Å²) in [6.07, 6.45) is 4.05. The molecule has 9 heteroatoms. The lowest BCUT2D eigenvalue weighted by molar-refractivity contribution is -0.122. The molecule has 2 atom stereocenters. The molecule has 1 aliphatic carbocycles. The van der Waals surface area contributed by atoms with Crippen LogP contribution in [0.2, 0.25) is 0 Å². The second-order valence-electron chi connectivity index (χ2n) is 8.79. The van der Waals surface area contributed by atoms with Gasteiger partial charge >= 0.3 is 0 Å². The molecule has 0 aliphatic heterocycles. The highest BCUT2D eigenvalue weighted by molar-refractivity contribution is 5.94. The Morgan fingerprint density at radius 3 is 2.67 bits per heavy atom. The summed E-state index contributed by atoms with van der Waals surface area (Å²) in [6.45, 7) is 1.40. The number of aryl methyl sites for hydroxylation is 1. The minimum absolute atomic E-state index is 0.0182. The van der Waals surface area contributed by atoms with Gasteiger partial charge in [-0.2, -0.15) is 5.26 Å². The average molecular weight is 485 g/mol. The van der Waals surface area contributed by atoms with Gasteiger partial charge in [0.15, 0.2) is 0 Å². The van der Waals surface area contributed by atoms with Crippen molar-refractivity contribution in [3.05, 3.63) is 81.8 Å². The van der Waals surface area contributed by atoms with Crippen LogP contribution in [0.1, 0.15) is 42.5 Å². The molecule has 1 aliphatic rings. The lowest BCUT2D eigenvalue weighted by atomic mass is 9.88. The standard InChI is InChI=1S/C27H28N6O3/c1-17(29-2)26(35)32-23-15-30-25(20-12-10-18(14-28)11-13-20)33(27(23)36)16-24(34)31-22-9-5-7-19-6-3-4-8-21(19)22/h3-4,6,8,10-13,15,17,22,29H,5,7,9,16H2,1-2H3,(H,31,34)(H,32,35)/t17-,22?/m0/s1. The largest absolute Gasteiger partial charge is 0.348 e. The van der Waals surface area contributed by atoms with Gasteiger partial charge in [-0.1, -0.05) is 24.3 Å². The molecule has 4 rings (SSSR count). The summed E-state index contributed by atoms with van der Waals surface area (Å²) in [5.74, 6) is -0.455. The van der Waals surface area contributed by atoms with Crippen LogP contribution in [0.25, 0.3) is 11.4 Å². The number of anilines is 1. The van der Waals surface area contributed by atoms with Crippen LogP contribution in [-0.4, -0.2) is 34.5 Å². The van der Waals surface area contributed by atoms with Crippen LogP contribution in [0.5, 0.6) is 0 Å². The Bertz CT molecular complexity index is 1370. The predicted molar refractivity (Wildman–Crippen MR) is 136 cm³/mol. The summed E-state index contributed by atoms with van der Waals surface area (Å²) in [5, 5.41) is 17.6. The van der Waals surface area contributed by atoms with Gasteiger partial charge in [0, 0.05) is 5.56 Å². The van der Waals surface area contributed by atoms with Crippen molar-refractivity contribution in [3.8, 4) is 17.5 Å². The zero-order valence-corrected chi connectivity index (χ0v) is 20.2. The number of carbonyl (C=O) groups excluding carboxylic acids is 2. The molecule has 184 valence electrons. The fraction of sp³-hybridized carbons (Fsp3) is 0.296. The topological polar surface area (TPSA) is 129 Å². The summed E-state index contributed by atoms with van der Waals surface area (Å²) in [7, 11) is 1.64. The number of carbonyl (C=O) groups is 2. The normalized spacial score (nSPS) is 15.3. The van der Waals surface area contributed by atoms with Crippen molar-refractivity contribution in [2.24, 2.45) is 0 Å². The van der Waals surface area contributed by atoms with Crippen molar-refractivity contribution in [2.75, 3.05) is 12.4 Å². The van der Waals surface area contributed by atoms with Gasteiger partial charge in [-0.05, 0) is 68.6 Å². The number of fused-ring (bicyclic) bond motifs is 1. The molecule has 1 unspecified atom stereocenters. The van der Waals surface area contributed by atoms with E-state index in [9.17, 15) is 14.4 Å². The number of nitrogens with zero attached hydrogens (tertiary/aromatic N) is 3. The van der Waals surface area contributed by atoms with Gasteiger partial charge in [0.1, 0.15) is 18.1 Å². The first kappa shape index (κ1) is 24.8. The third kappa shape index (κ3) is 5.34. The first-order valence-electron chi connectivity index (χ1n) is 11.9. The zero-order valence-electron chi connectivity index (χ0n) is 20.2. The number of hydrogen-bond donors (Lipinski definition) is 3. The average Bonchev–Trinajstić information content (AvgIpc) is 2.90. The van der Waals surface area contributed by atoms with Crippen molar-refractivity contribution < 1.29 is 9.59 Å². The van der Waals surface area contributed by atoms with E-state index in [2.05, 4.69) is 33.1 Å². The van der Waals surface area contributed by atoms with Gasteiger partial charge in [-0.15, -0.1) is 0 Å². The Hall–Kier alpha value is -4.29. The molecule has 3 N–H and O–H groups in total. The number of benzene rings is 2. The number of nitriles is 1. The maximum absolute atomic E-state index is 13.4. The molecule has 0 saturated heterocycles. The molecule has 3 aromatic rings. The van der Waals surface area contributed by atoms with Crippen molar-refractivity contribution in [1.82, 2.24) is 20.2 Å². The van der Waals surface area contributed by atoms with Crippen molar-refractivity contribution in [1.29, 1.82) is 5.26 Å². The van der Waals surface area contributed by atoms with Crippen LogP contribution in [0, 0.1) is 11.3 Å². The summed E-state index contributed by atoms with van der Waals surface area (Å²) < 4.78 is 1.26. The van der Waals surface area contributed by atoms with E-state index in [4.69, 9.17) is 5.26 Å². The number of hydrogen-bond acceptors (Lipinski definition) is 6. The predicted octanol–water partition coefficient (Wildman–Crippen LogP) is 2.52. The van der Waals surface area contributed by atoms with E-state index >= 15 is 0 Å². The van der Waals surface area contributed by atoms with Crippen LogP contribution in [0.3, 0.4) is 0 Å². The molecule has 0 bridgehead atoms. The van der Waals surface area contributed by atoms with E-state index in [1.54, 1.807) is 38.2 Å². The fourth-order valence-electron chi connectivity index (χ4n) is 4.31. The Morgan fingerprint density at radius 1 is 1.19 bits per heavy atom. The second kappa shape index (κ2) is 11.0. The highest BCUT2D eigenvalue weighted by Gasteiger charge is 2.23. The smallest absolute Gasteiger partial charge is 0.278 e. The van der Waals surface area contributed by atoms with E-state index in [0.29, 0.717) is 11.1 Å². The number of likely N-dealkylation sites (N-methyl/N-ethyl adjacent to an activating group) is 1. The maximum Gasteiger partial charge on any atom is 0.278 e. The van der Waals surface area contributed by atoms with Gasteiger partial charge in [-0.3, -0.25) is 19.0 Å². The van der Waals surface area contributed by atoms with Crippen LogP contribution >= 0.6 is 0 Å². The van der Waals surface area contributed by atoms with Gasteiger partial charge in [-0.25, -0.2) is 4.98 Å². The van der Waals surface area contributed by atoms with E-state index in [1.165, 1.54) is 16.3 Å². The second-order valence-corrected chi connectivity index (χ2v) is 8.79. The van der Waals surface area contributed by atoms with E-state index in [-0.39, 0.29) is 30.0 Å². The third-order valence-corrected chi connectivity index (χ3v) is 6.41. The van der Waals surface area contributed by atoms with Crippen LogP contribution < -0.4 is 21.5 Å². The lowest BCUT2D eigenvalue weighted by Gasteiger charge is -2.26. The van der Waals surface area contributed by atoms with Crippen LogP contribution in [0.4, 0.5) is 5.69 Å². The zero-order chi connectivity index (χ0) is 25.7. The molecule has 1 heterocycles. The molecule has 36 heavy (non-hydrogen) atoms. The maximum atomic E-state index is 13.4. The number of amides is 2. The van der Waals surface area contributed by atoms with E-state index < -0.39 is 17.5 Å². The van der Waals surface area contributed by atoms with E-state index in [1.807, 2.05) is 18.2 Å². The Labute approximate surface area is 209 Å². The Kier molecular flexibility index (Phi) is 7.56. The first-order valence-corrected chi connectivity index (χ1v) is 11.9. The van der Waals surface area contributed by atoms with Crippen molar-refractivity contribution in [2.45, 2.75) is 44.8 Å². The minimum Gasteiger partial charge on any atom is -0.348 e. The number of aromatic nitrogens is 2. The molecule has 0 radical (unpaired) electrons. The summed E-state index contributed by atoms with van der Waals surface area (Å²) >= 11 is 0. The van der Waals surface area contributed by atoms with E-state index in [0.717, 1.165) is 24.8 Å². The number of rotatable bonds is 7. The summed E-state index contributed by atoms with van der Waals surface area (Å²) in [5.41, 5.74) is 2.79. The van der Waals surface area contributed by atoms with Crippen molar-refractivity contribution in [3.63, 3.8) is 0 Å². The van der Waals surface area contributed by atoms with Crippen molar-refractivity contribution >= 4 is 17.5 Å². The Balaban J connectivity index is 1.66. The van der Waals surface area contributed by atoms with Gasteiger partial charge in [0.05, 0.1) is 29.9 Å². The molecule has 0 spiro atoms. The lowest BCUT2D eigenvalue weighted by Crippen LogP contribution is -2.40. The van der Waals surface area contributed by atoms with Crippen LogP contribution in [0.15, 0.2) is 59.5 Å².